The van der Waals surface area contributed by atoms with Gasteiger partial charge in [0.1, 0.15) is 17.9 Å². The van der Waals surface area contributed by atoms with E-state index in [1.54, 1.807) is 11.0 Å². The van der Waals surface area contributed by atoms with Crippen molar-refractivity contribution in [3.8, 4) is 17.1 Å². The predicted molar refractivity (Wildman–Crippen MR) is 159 cm³/mol. The van der Waals surface area contributed by atoms with Crippen LogP contribution in [0.5, 0.6) is 6.01 Å². The number of carbonyl (C=O) groups is 1. The Kier molecular flexibility index (Phi) is 8.86. The van der Waals surface area contributed by atoms with Gasteiger partial charge in [0, 0.05) is 43.7 Å². The average Bonchev–Trinajstić information content (AvgIpc) is 2.97. The average molecular weight is 566 g/mol. The molecule has 0 bridgehead atoms. The number of halogens is 2. The van der Waals surface area contributed by atoms with Crippen molar-refractivity contribution in [2.45, 2.75) is 39.0 Å². The molecule has 0 saturated carbocycles. The number of benzene rings is 2. The molecule has 0 unspecified atom stereocenters. The molecule has 5 rings (SSSR count). The molecule has 2 aliphatic rings. The SMILES string of the molecule is C=CC(=O)N1CCN(c2nc(OCCN3CCCCC3)nc3c(F)c(-c4ccccc4C(C)C)c(Cl)cc23)CC1. The van der Waals surface area contributed by atoms with Gasteiger partial charge >= 0.3 is 6.01 Å². The largest absolute Gasteiger partial charge is 0.462 e. The number of fused-ring (bicyclic) bond motifs is 1. The maximum absolute atomic E-state index is 16.5. The van der Waals surface area contributed by atoms with Crippen LogP contribution in [0.25, 0.3) is 22.0 Å². The van der Waals surface area contributed by atoms with E-state index in [1.807, 2.05) is 29.2 Å². The number of piperazine rings is 1. The predicted octanol–water partition coefficient (Wildman–Crippen LogP) is 5.91. The molecule has 212 valence electrons. The van der Waals surface area contributed by atoms with E-state index in [0.29, 0.717) is 54.6 Å². The summed E-state index contributed by atoms with van der Waals surface area (Å²) in [6.45, 7) is 13.2. The van der Waals surface area contributed by atoms with Crippen LogP contribution in [0.2, 0.25) is 5.02 Å². The molecule has 7 nitrogen and oxygen atoms in total. The van der Waals surface area contributed by atoms with Crippen molar-refractivity contribution in [3.63, 3.8) is 0 Å². The molecule has 40 heavy (non-hydrogen) atoms. The number of ether oxygens (including phenoxy) is 1. The summed E-state index contributed by atoms with van der Waals surface area (Å²) in [5.41, 5.74) is 2.29. The standard InChI is InChI=1S/C31H37ClFN5O2/c1-4-26(39)37-14-16-38(17-15-37)30-24-20-25(32)27(23-11-7-6-10-22(23)21(2)3)28(33)29(24)34-31(35-30)40-19-18-36-12-8-5-9-13-36/h4,6-7,10-11,20-21H,1,5,8-9,12-19H2,2-3H3. The molecule has 3 aromatic rings. The van der Waals surface area contributed by atoms with E-state index in [-0.39, 0.29) is 23.4 Å². The third kappa shape index (κ3) is 5.93. The minimum atomic E-state index is -0.486. The number of rotatable bonds is 8. The van der Waals surface area contributed by atoms with Gasteiger partial charge in [-0.05, 0) is 55.1 Å². The van der Waals surface area contributed by atoms with Crippen LogP contribution in [0.15, 0.2) is 43.0 Å². The van der Waals surface area contributed by atoms with Crippen molar-refractivity contribution >= 4 is 34.2 Å². The number of hydrogen-bond donors (Lipinski definition) is 0. The van der Waals surface area contributed by atoms with Gasteiger partial charge in [0.15, 0.2) is 5.82 Å². The summed E-state index contributed by atoms with van der Waals surface area (Å²) in [5, 5.41) is 0.836. The molecule has 0 N–H and O–H groups in total. The second-order valence-corrected chi connectivity index (χ2v) is 11.2. The molecule has 0 aliphatic carbocycles. The number of hydrogen-bond acceptors (Lipinski definition) is 6. The van der Waals surface area contributed by atoms with Gasteiger partial charge in [-0.25, -0.2) is 4.39 Å². The molecule has 0 radical (unpaired) electrons. The Balaban J connectivity index is 1.54. The van der Waals surface area contributed by atoms with Gasteiger partial charge in [-0.3, -0.25) is 9.69 Å². The molecule has 0 spiro atoms. The van der Waals surface area contributed by atoms with Crippen molar-refractivity contribution < 1.29 is 13.9 Å². The van der Waals surface area contributed by atoms with E-state index in [4.69, 9.17) is 21.3 Å². The summed E-state index contributed by atoms with van der Waals surface area (Å²) in [7, 11) is 0. The first-order valence-corrected chi connectivity index (χ1v) is 14.6. The topological polar surface area (TPSA) is 61.8 Å². The molecule has 1 aromatic heterocycles. The second kappa shape index (κ2) is 12.5. The molecule has 2 fully saturated rings. The first-order chi connectivity index (χ1) is 19.4. The van der Waals surface area contributed by atoms with Gasteiger partial charge < -0.3 is 14.5 Å². The fourth-order valence-electron chi connectivity index (χ4n) is 5.66. The Morgan fingerprint density at radius 1 is 1.10 bits per heavy atom. The van der Waals surface area contributed by atoms with Crippen LogP contribution in [-0.2, 0) is 4.79 Å². The van der Waals surface area contributed by atoms with Crippen LogP contribution in [0.1, 0.15) is 44.6 Å². The summed E-state index contributed by atoms with van der Waals surface area (Å²) in [5.74, 6) is 0.164. The van der Waals surface area contributed by atoms with E-state index in [0.717, 1.165) is 30.8 Å². The number of piperidine rings is 1. The van der Waals surface area contributed by atoms with Crippen molar-refractivity contribution in [1.82, 2.24) is 19.8 Å². The van der Waals surface area contributed by atoms with Crippen molar-refractivity contribution in [2.24, 2.45) is 0 Å². The fourth-order valence-corrected chi connectivity index (χ4v) is 5.95. The maximum Gasteiger partial charge on any atom is 0.319 e. The van der Waals surface area contributed by atoms with Crippen molar-refractivity contribution in [1.29, 1.82) is 0 Å². The van der Waals surface area contributed by atoms with Crippen LogP contribution < -0.4 is 9.64 Å². The molecule has 2 saturated heterocycles. The van der Waals surface area contributed by atoms with E-state index in [1.165, 1.54) is 25.3 Å². The van der Waals surface area contributed by atoms with E-state index >= 15 is 4.39 Å². The summed E-state index contributed by atoms with van der Waals surface area (Å²) in [6, 6.07) is 9.67. The zero-order chi connectivity index (χ0) is 28.2. The number of likely N-dealkylation sites (tertiary alicyclic amines) is 1. The monoisotopic (exact) mass is 565 g/mol. The van der Waals surface area contributed by atoms with Crippen LogP contribution in [0.3, 0.4) is 0 Å². The van der Waals surface area contributed by atoms with Crippen molar-refractivity contribution in [2.75, 3.05) is 57.3 Å². The number of amides is 1. The molecule has 2 aromatic carbocycles. The smallest absolute Gasteiger partial charge is 0.319 e. The van der Waals surface area contributed by atoms with E-state index in [9.17, 15) is 4.79 Å². The lowest BCUT2D eigenvalue weighted by Gasteiger charge is -2.35. The van der Waals surface area contributed by atoms with Crippen LogP contribution in [0.4, 0.5) is 10.2 Å². The molecule has 2 aliphatic heterocycles. The molecular formula is C31H37ClFN5O2. The maximum atomic E-state index is 16.5. The lowest BCUT2D eigenvalue weighted by molar-refractivity contribution is -0.126. The van der Waals surface area contributed by atoms with Gasteiger partial charge in [-0.1, -0.05) is 62.7 Å². The Bertz CT molecular complexity index is 1380. The second-order valence-electron chi connectivity index (χ2n) is 10.8. The Morgan fingerprint density at radius 2 is 1.82 bits per heavy atom. The van der Waals surface area contributed by atoms with E-state index in [2.05, 4.69) is 30.3 Å². The summed E-state index contributed by atoms with van der Waals surface area (Å²) >= 11 is 6.81. The van der Waals surface area contributed by atoms with Gasteiger partial charge in [-0.15, -0.1) is 0 Å². The lowest BCUT2D eigenvalue weighted by atomic mass is 9.91. The minimum absolute atomic E-state index is 0.100. The molecule has 1 amide bonds. The molecule has 3 heterocycles. The summed E-state index contributed by atoms with van der Waals surface area (Å²) < 4.78 is 22.5. The Morgan fingerprint density at radius 3 is 2.52 bits per heavy atom. The summed E-state index contributed by atoms with van der Waals surface area (Å²) in [6.07, 6.45) is 4.99. The van der Waals surface area contributed by atoms with Gasteiger partial charge in [0.2, 0.25) is 5.91 Å². The van der Waals surface area contributed by atoms with Crippen LogP contribution in [-0.4, -0.2) is 78.1 Å². The number of carbonyl (C=O) groups excluding carboxylic acids is 1. The van der Waals surface area contributed by atoms with Gasteiger partial charge in [0.25, 0.3) is 0 Å². The normalized spacial score (nSPS) is 16.5. The van der Waals surface area contributed by atoms with Crippen LogP contribution in [0, 0.1) is 5.82 Å². The van der Waals surface area contributed by atoms with Crippen LogP contribution >= 0.6 is 11.6 Å². The first kappa shape index (κ1) is 28.3. The van der Waals surface area contributed by atoms with Crippen molar-refractivity contribution in [3.05, 3.63) is 59.4 Å². The lowest BCUT2D eigenvalue weighted by Crippen LogP contribution is -2.48. The minimum Gasteiger partial charge on any atom is -0.462 e. The molecule has 9 heteroatoms. The highest BCUT2D eigenvalue weighted by Gasteiger charge is 2.27. The first-order valence-electron chi connectivity index (χ1n) is 14.2. The highest BCUT2D eigenvalue weighted by molar-refractivity contribution is 6.34. The highest BCUT2D eigenvalue weighted by Crippen LogP contribution is 2.41. The molecular weight excluding hydrogens is 529 g/mol. The number of anilines is 1. The quantitative estimate of drug-likeness (QED) is 0.316. The third-order valence-electron chi connectivity index (χ3n) is 7.85. The number of nitrogens with zero attached hydrogens (tertiary/aromatic N) is 5. The summed E-state index contributed by atoms with van der Waals surface area (Å²) in [4.78, 5) is 27.6. The zero-order valence-corrected chi connectivity index (χ0v) is 24.1. The Labute approximate surface area is 240 Å². The Hall–Kier alpha value is -3.23. The zero-order valence-electron chi connectivity index (χ0n) is 23.3. The third-order valence-corrected chi connectivity index (χ3v) is 8.15. The van der Waals surface area contributed by atoms with E-state index < -0.39 is 5.82 Å². The van der Waals surface area contributed by atoms with Gasteiger partial charge in [0.05, 0.1) is 5.02 Å². The highest BCUT2D eigenvalue weighted by atomic mass is 35.5. The fraction of sp³-hybridized carbons (Fsp3) is 0.452. The van der Waals surface area contributed by atoms with Gasteiger partial charge in [-0.2, -0.15) is 9.97 Å². The number of aromatic nitrogens is 2. The molecule has 0 atom stereocenters.